The van der Waals surface area contributed by atoms with E-state index in [4.69, 9.17) is 14.2 Å². The number of phenols is 1. The zero-order chi connectivity index (χ0) is 22.8. The van der Waals surface area contributed by atoms with E-state index in [2.05, 4.69) is 5.32 Å². The van der Waals surface area contributed by atoms with Crippen LogP contribution in [0.25, 0.3) is 6.08 Å². The van der Waals surface area contributed by atoms with E-state index in [0.29, 0.717) is 36.8 Å². The highest BCUT2D eigenvalue weighted by atomic mass is 16.5. The van der Waals surface area contributed by atoms with Crippen LogP contribution in [0.3, 0.4) is 0 Å². The zero-order valence-corrected chi connectivity index (χ0v) is 18.2. The van der Waals surface area contributed by atoms with Gasteiger partial charge in [-0.1, -0.05) is 42.5 Å². The molecule has 0 saturated carbocycles. The molecule has 0 atom stereocenters. The fraction of sp³-hybridized carbons (Fsp3) is 0.192. The zero-order valence-electron chi connectivity index (χ0n) is 18.2. The molecular formula is C26H27NO5. The topological polar surface area (TPSA) is 77.0 Å². The fourth-order valence-corrected chi connectivity index (χ4v) is 3.08. The van der Waals surface area contributed by atoms with E-state index in [9.17, 15) is 9.90 Å². The molecule has 0 aliphatic carbocycles. The largest absolute Gasteiger partial charge is 0.504 e. The summed E-state index contributed by atoms with van der Waals surface area (Å²) in [4.78, 5) is 12.1. The molecule has 1 amide bonds. The monoisotopic (exact) mass is 433 g/mol. The van der Waals surface area contributed by atoms with Crippen molar-refractivity contribution in [2.24, 2.45) is 0 Å². The van der Waals surface area contributed by atoms with Crippen molar-refractivity contribution in [1.29, 1.82) is 0 Å². The second-order valence-corrected chi connectivity index (χ2v) is 7.07. The van der Waals surface area contributed by atoms with Crippen molar-refractivity contribution in [3.8, 4) is 23.0 Å². The van der Waals surface area contributed by atoms with Gasteiger partial charge in [0.05, 0.1) is 14.2 Å². The maximum Gasteiger partial charge on any atom is 0.244 e. The van der Waals surface area contributed by atoms with Crippen LogP contribution in [0.4, 0.5) is 0 Å². The van der Waals surface area contributed by atoms with Gasteiger partial charge < -0.3 is 24.6 Å². The maximum absolute atomic E-state index is 12.1. The predicted octanol–water partition coefficient (Wildman–Crippen LogP) is 4.36. The summed E-state index contributed by atoms with van der Waals surface area (Å²) in [6.07, 6.45) is 3.77. The Hall–Kier alpha value is -3.93. The quantitative estimate of drug-likeness (QED) is 0.465. The second-order valence-electron chi connectivity index (χ2n) is 7.07. The van der Waals surface area contributed by atoms with Crippen LogP contribution in [0.5, 0.6) is 23.0 Å². The third-order valence-corrected chi connectivity index (χ3v) is 4.81. The maximum atomic E-state index is 12.1. The first-order valence-corrected chi connectivity index (χ1v) is 10.3. The Bertz CT molecular complexity index is 1060. The number of aromatic hydroxyl groups is 1. The lowest BCUT2D eigenvalue weighted by Gasteiger charge is -2.12. The van der Waals surface area contributed by atoms with Gasteiger partial charge >= 0.3 is 0 Å². The van der Waals surface area contributed by atoms with E-state index >= 15 is 0 Å². The number of carbonyl (C=O) groups excluding carboxylic acids is 1. The molecule has 166 valence electrons. The van der Waals surface area contributed by atoms with Gasteiger partial charge in [0.1, 0.15) is 6.61 Å². The first-order valence-electron chi connectivity index (χ1n) is 10.3. The van der Waals surface area contributed by atoms with Gasteiger partial charge in [0.25, 0.3) is 0 Å². The van der Waals surface area contributed by atoms with Gasteiger partial charge in [-0.05, 0) is 53.5 Å². The Morgan fingerprint density at radius 1 is 0.906 bits per heavy atom. The molecule has 0 spiro atoms. The van der Waals surface area contributed by atoms with Gasteiger partial charge in [-0.15, -0.1) is 0 Å². The summed E-state index contributed by atoms with van der Waals surface area (Å²) in [5, 5.41) is 12.5. The minimum Gasteiger partial charge on any atom is -0.504 e. The highest BCUT2D eigenvalue weighted by Gasteiger charge is 2.07. The number of hydrogen-bond donors (Lipinski definition) is 2. The lowest BCUT2D eigenvalue weighted by atomic mass is 10.1. The molecule has 0 unspecified atom stereocenters. The van der Waals surface area contributed by atoms with Crippen molar-refractivity contribution in [3.05, 3.63) is 89.5 Å². The molecule has 3 aromatic carbocycles. The summed E-state index contributed by atoms with van der Waals surface area (Å²) < 4.78 is 16.4. The Balaban J connectivity index is 1.50. The average molecular weight is 434 g/mol. The lowest BCUT2D eigenvalue weighted by Crippen LogP contribution is -2.23. The molecule has 6 heteroatoms. The van der Waals surface area contributed by atoms with Crippen LogP contribution in [0.15, 0.2) is 72.8 Å². The Morgan fingerprint density at radius 3 is 2.44 bits per heavy atom. The van der Waals surface area contributed by atoms with E-state index in [0.717, 1.165) is 16.7 Å². The van der Waals surface area contributed by atoms with Crippen LogP contribution < -0.4 is 19.5 Å². The second kappa shape index (κ2) is 11.5. The summed E-state index contributed by atoms with van der Waals surface area (Å²) in [5.74, 6) is 1.55. The van der Waals surface area contributed by atoms with Gasteiger partial charge in [0.2, 0.25) is 5.91 Å². The molecule has 0 fully saturated rings. The molecule has 3 aromatic rings. The van der Waals surface area contributed by atoms with Gasteiger partial charge in [-0.3, -0.25) is 4.79 Å². The third kappa shape index (κ3) is 6.54. The number of amides is 1. The van der Waals surface area contributed by atoms with Crippen LogP contribution in [-0.2, 0) is 17.8 Å². The minimum atomic E-state index is -0.202. The fourth-order valence-electron chi connectivity index (χ4n) is 3.08. The first kappa shape index (κ1) is 22.7. The van der Waals surface area contributed by atoms with Crippen LogP contribution in [-0.4, -0.2) is 31.8 Å². The Kier molecular flexibility index (Phi) is 8.15. The number of benzene rings is 3. The number of ether oxygens (including phenoxy) is 3. The van der Waals surface area contributed by atoms with Crippen molar-refractivity contribution < 1.29 is 24.1 Å². The molecule has 0 aliphatic rings. The summed E-state index contributed by atoms with van der Waals surface area (Å²) in [6.45, 7) is 0.946. The van der Waals surface area contributed by atoms with Crippen molar-refractivity contribution >= 4 is 12.0 Å². The highest BCUT2D eigenvalue weighted by molar-refractivity contribution is 5.91. The van der Waals surface area contributed by atoms with E-state index in [1.54, 1.807) is 25.3 Å². The minimum absolute atomic E-state index is 0.0565. The van der Waals surface area contributed by atoms with E-state index < -0.39 is 0 Å². The summed E-state index contributed by atoms with van der Waals surface area (Å²) in [5.41, 5.74) is 2.87. The smallest absolute Gasteiger partial charge is 0.244 e. The van der Waals surface area contributed by atoms with Gasteiger partial charge in [0, 0.05) is 12.6 Å². The van der Waals surface area contributed by atoms with Gasteiger partial charge in [-0.2, -0.15) is 0 Å². The molecule has 6 nitrogen and oxygen atoms in total. The molecular weight excluding hydrogens is 406 g/mol. The van der Waals surface area contributed by atoms with Crippen molar-refractivity contribution in [1.82, 2.24) is 5.32 Å². The normalized spacial score (nSPS) is 10.7. The average Bonchev–Trinajstić information content (AvgIpc) is 2.83. The lowest BCUT2D eigenvalue weighted by molar-refractivity contribution is -0.116. The highest BCUT2D eigenvalue weighted by Crippen LogP contribution is 2.29. The number of methoxy groups -OCH3 is 2. The SMILES string of the molecule is COc1cc(/C=C/C(=O)NCCc2ccc(OCc3ccccc3)c(OC)c2)ccc1O. The van der Waals surface area contributed by atoms with Crippen molar-refractivity contribution in [2.75, 3.05) is 20.8 Å². The Labute approximate surface area is 188 Å². The summed E-state index contributed by atoms with van der Waals surface area (Å²) in [7, 11) is 3.09. The molecule has 0 saturated heterocycles. The van der Waals surface area contributed by atoms with Crippen molar-refractivity contribution in [3.63, 3.8) is 0 Å². The number of carbonyl (C=O) groups is 1. The van der Waals surface area contributed by atoms with Crippen LogP contribution >= 0.6 is 0 Å². The standard InChI is InChI=1S/C26H27NO5/c1-30-24-16-19(8-11-22(24)28)10-13-26(29)27-15-14-20-9-12-23(25(17-20)31-2)32-18-21-6-4-3-5-7-21/h3-13,16-17,28H,14-15,18H2,1-2H3,(H,27,29)/b13-10+. The molecule has 0 radical (unpaired) electrons. The van der Waals surface area contributed by atoms with E-state index in [1.165, 1.54) is 19.3 Å². The molecule has 3 rings (SSSR count). The number of rotatable bonds is 10. The molecule has 0 heterocycles. The van der Waals surface area contributed by atoms with Gasteiger partial charge in [-0.25, -0.2) is 0 Å². The molecule has 2 N–H and O–H groups in total. The molecule has 0 aromatic heterocycles. The number of nitrogens with one attached hydrogen (secondary N) is 1. The van der Waals surface area contributed by atoms with Crippen LogP contribution in [0.1, 0.15) is 16.7 Å². The Morgan fingerprint density at radius 2 is 1.69 bits per heavy atom. The molecule has 32 heavy (non-hydrogen) atoms. The molecule has 0 bridgehead atoms. The van der Waals surface area contributed by atoms with E-state index in [-0.39, 0.29) is 11.7 Å². The summed E-state index contributed by atoms with van der Waals surface area (Å²) >= 11 is 0. The third-order valence-electron chi connectivity index (χ3n) is 4.81. The number of hydrogen-bond acceptors (Lipinski definition) is 5. The number of phenolic OH excluding ortho intramolecular Hbond substituents is 1. The van der Waals surface area contributed by atoms with Crippen molar-refractivity contribution in [2.45, 2.75) is 13.0 Å². The van der Waals surface area contributed by atoms with Gasteiger partial charge in [0.15, 0.2) is 23.0 Å². The predicted molar refractivity (Wildman–Crippen MR) is 124 cm³/mol. The van der Waals surface area contributed by atoms with E-state index in [1.807, 2.05) is 48.5 Å². The van der Waals surface area contributed by atoms with Crippen LogP contribution in [0, 0.1) is 0 Å². The first-order chi connectivity index (χ1) is 15.6. The molecule has 0 aliphatic heterocycles. The summed E-state index contributed by atoms with van der Waals surface area (Å²) in [6, 6.07) is 20.6. The van der Waals surface area contributed by atoms with Crippen LogP contribution in [0.2, 0.25) is 0 Å².